The van der Waals surface area contributed by atoms with E-state index >= 15 is 0 Å². The number of nitriles is 1. The summed E-state index contributed by atoms with van der Waals surface area (Å²) < 4.78 is 44.4. The zero-order valence-corrected chi connectivity index (χ0v) is 13.1. The van der Waals surface area contributed by atoms with E-state index in [0.29, 0.717) is 12.0 Å². The molecule has 2 aromatic carbocycles. The second-order valence-electron chi connectivity index (χ2n) is 5.95. The quantitative estimate of drug-likeness (QED) is 0.771. The molecule has 0 aromatic heterocycles. The Morgan fingerprint density at radius 3 is 2.48 bits per heavy atom. The fraction of sp³-hybridized carbons (Fsp3) is 0.263. The number of hydrogen-bond acceptors (Lipinski definition) is 3. The van der Waals surface area contributed by atoms with Gasteiger partial charge in [0.15, 0.2) is 0 Å². The standard InChI is InChI=1S/C19H14F3NO2/c20-19(21,22)17-4-2-1-3-14(17)15-9-16(15)18(24)25-11-13-7-5-12(10-23)6-8-13/h1-8,15-16H,9,11H2. The van der Waals surface area contributed by atoms with E-state index in [9.17, 15) is 18.0 Å². The third kappa shape index (κ3) is 3.82. The molecule has 0 heterocycles. The molecule has 1 fully saturated rings. The number of hydrogen-bond donors (Lipinski definition) is 0. The molecule has 0 bridgehead atoms. The van der Waals surface area contributed by atoms with Gasteiger partial charge in [0, 0.05) is 0 Å². The number of halogens is 3. The lowest BCUT2D eigenvalue weighted by atomic mass is 10.0. The smallest absolute Gasteiger partial charge is 0.416 e. The van der Waals surface area contributed by atoms with Crippen molar-refractivity contribution in [2.75, 3.05) is 0 Å². The largest absolute Gasteiger partial charge is 0.461 e. The number of esters is 1. The molecule has 0 radical (unpaired) electrons. The predicted octanol–water partition coefficient (Wildman–Crippen LogP) is 4.42. The van der Waals surface area contributed by atoms with Gasteiger partial charge in [-0.3, -0.25) is 4.79 Å². The monoisotopic (exact) mass is 345 g/mol. The van der Waals surface area contributed by atoms with E-state index in [1.165, 1.54) is 12.1 Å². The second-order valence-corrected chi connectivity index (χ2v) is 5.95. The van der Waals surface area contributed by atoms with Crippen LogP contribution in [-0.2, 0) is 22.3 Å². The molecule has 1 saturated carbocycles. The fourth-order valence-electron chi connectivity index (χ4n) is 2.81. The number of alkyl halides is 3. The van der Waals surface area contributed by atoms with E-state index in [-0.39, 0.29) is 12.2 Å². The molecule has 2 unspecified atom stereocenters. The summed E-state index contributed by atoms with van der Waals surface area (Å²) in [7, 11) is 0. The number of nitrogens with zero attached hydrogens (tertiary/aromatic N) is 1. The highest BCUT2D eigenvalue weighted by molar-refractivity contribution is 5.77. The van der Waals surface area contributed by atoms with Gasteiger partial charge < -0.3 is 4.74 Å². The number of ether oxygens (including phenoxy) is 1. The summed E-state index contributed by atoms with van der Waals surface area (Å²) in [6.07, 6.45) is -4.07. The summed E-state index contributed by atoms with van der Waals surface area (Å²) in [4.78, 5) is 12.1. The Hall–Kier alpha value is -2.81. The summed E-state index contributed by atoms with van der Waals surface area (Å²) in [5.41, 5.74) is 0.680. The summed E-state index contributed by atoms with van der Waals surface area (Å²) in [5.74, 6) is -1.49. The summed E-state index contributed by atoms with van der Waals surface area (Å²) in [6, 6.07) is 13.9. The van der Waals surface area contributed by atoms with Crippen molar-refractivity contribution in [1.29, 1.82) is 5.26 Å². The fourth-order valence-corrected chi connectivity index (χ4v) is 2.81. The van der Waals surface area contributed by atoms with Gasteiger partial charge in [-0.1, -0.05) is 30.3 Å². The van der Waals surface area contributed by atoms with Crippen molar-refractivity contribution < 1.29 is 22.7 Å². The van der Waals surface area contributed by atoms with Gasteiger partial charge in [-0.15, -0.1) is 0 Å². The van der Waals surface area contributed by atoms with Gasteiger partial charge in [-0.25, -0.2) is 0 Å². The molecule has 0 saturated heterocycles. The molecule has 2 aromatic rings. The maximum absolute atomic E-state index is 13.1. The maximum Gasteiger partial charge on any atom is 0.416 e. The molecule has 1 aliphatic carbocycles. The van der Waals surface area contributed by atoms with Gasteiger partial charge in [-0.05, 0) is 41.7 Å². The van der Waals surface area contributed by atoms with Gasteiger partial charge in [0.1, 0.15) is 6.61 Å². The molecule has 2 atom stereocenters. The van der Waals surface area contributed by atoms with Crippen LogP contribution < -0.4 is 0 Å². The third-order valence-electron chi connectivity index (χ3n) is 4.22. The van der Waals surface area contributed by atoms with Gasteiger partial charge >= 0.3 is 12.1 Å². The first-order chi connectivity index (χ1) is 11.9. The van der Waals surface area contributed by atoms with Crippen LogP contribution in [0.5, 0.6) is 0 Å². The first-order valence-corrected chi connectivity index (χ1v) is 7.72. The van der Waals surface area contributed by atoms with Crippen molar-refractivity contribution in [3.63, 3.8) is 0 Å². The van der Waals surface area contributed by atoms with E-state index in [1.807, 2.05) is 6.07 Å². The van der Waals surface area contributed by atoms with Crippen LogP contribution in [0.25, 0.3) is 0 Å². The number of rotatable bonds is 4. The molecular weight excluding hydrogens is 331 g/mol. The van der Waals surface area contributed by atoms with Gasteiger partial charge in [-0.2, -0.15) is 18.4 Å². The van der Waals surface area contributed by atoms with Crippen LogP contribution in [0.3, 0.4) is 0 Å². The van der Waals surface area contributed by atoms with Gasteiger partial charge in [0.2, 0.25) is 0 Å². The van der Waals surface area contributed by atoms with Crippen LogP contribution >= 0.6 is 0 Å². The second kappa shape index (κ2) is 6.60. The molecular formula is C19H14F3NO2. The number of benzene rings is 2. The highest BCUT2D eigenvalue weighted by Crippen LogP contribution is 2.51. The van der Waals surface area contributed by atoms with Crippen molar-refractivity contribution in [2.24, 2.45) is 5.92 Å². The van der Waals surface area contributed by atoms with E-state index in [4.69, 9.17) is 10.00 Å². The first kappa shape index (κ1) is 17.0. The Morgan fingerprint density at radius 2 is 1.84 bits per heavy atom. The van der Waals surface area contributed by atoms with Crippen LogP contribution in [0.4, 0.5) is 13.2 Å². The molecule has 3 rings (SSSR count). The molecule has 1 aliphatic rings. The summed E-state index contributed by atoms with van der Waals surface area (Å²) in [6.45, 7) is 0.0364. The van der Waals surface area contributed by atoms with E-state index in [2.05, 4.69) is 0 Å². The van der Waals surface area contributed by atoms with Crippen molar-refractivity contribution >= 4 is 5.97 Å². The highest BCUT2D eigenvalue weighted by atomic mass is 19.4. The van der Waals surface area contributed by atoms with E-state index in [1.54, 1.807) is 30.3 Å². The molecule has 0 aliphatic heterocycles. The van der Waals surface area contributed by atoms with Crippen LogP contribution in [0, 0.1) is 17.2 Å². The SMILES string of the molecule is N#Cc1ccc(COC(=O)C2CC2c2ccccc2C(F)(F)F)cc1. The van der Waals surface area contributed by atoms with Crippen LogP contribution in [0.15, 0.2) is 48.5 Å². The predicted molar refractivity (Wildman–Crippen MR) is 83.2 cm³/mol. The minimum atomic E-state index is -4.43. The van der Waals surface area contributed by atoms with E-state index in [0.717, 1.165) is 11.6 Å². The minimum absolute atomic E-state index is 0.0364. The van der Waals surface area contributed by atoms with Crippen LogP contribution in [-0.4, -0.2) is 5.97 Å². The normalized spacial score (nSPS) is 19.1. The summed E-state index contributed by atoms with van der Waals surface area (Å²) >= 11 is 0. The van der Waals surface area contributed by atoms with Gasteiger partial charge in [0.25, 0.3) is 0 Å². The minimum Gasteiger partial charge on any atom is -0.461 e. The Morgan fingerprint density at radius 1 is 1.16 bits per heavy atom. The molecule has 0 N–H and O–H groups in total. The number of carbonyl (C=O) groups is 1. The lowest BCUT2D eigenvalue weighted by Crippen LogP contribution is -2.11. The average molecular weight is 345 g/mol. The molecule has 0 spiro atoms. The summed E-state index contributed by atoms with van der Waals surface area (Å²) in [5, 5.41) is 8.73. The topological polar surface area (TPSA) is 50.1 Å². The Bertz CT molecular complexity index is 822. The van der Waals surface area contributed by atoms with Gasteiger partial charge in [0.05, 0.1) is 23.1 Å². The zero-order valence-electron chi connectivity index (χ0n) is 13.1. The highest BCUT2D eigenvalue weighted by Gasteiger charge is 2.48. The molecule has 25 heavy (non-hydrogen) atoms. The Labute approximate surface area is 142 Å². The average Bonchev–Trinajstić information content (AvgIpc) is 3.40. The maximum atomic E-state index is 13.1. The van der Waals surface area contributed by atoms with Crippen molar-refractivity contribution in [3.05, 3.63) is 70.8 Å². The lowest BCUT2D eigenvalue weighted by molar-refractivity contribution is -0.147. The number of carbonyl (C=O) groups excluding carboxylic acids is 1. The van der Waals surface area contributed by atoms with E-state index < -0.39 is 29.5 Å². The van der Waals surface area contributed by atoms with Crippen molar-refractivity contribution in [3.8, 4) is 6.07 Å². The first-order valence-electron chi connectivity index (χ1n) is 7.72. The molecule has 0 amide bonds. The molecule has 3 nitrogen and oxygen atoms in total. The van der Waals surface area contributed by atoms with Crippen molar-refractivity contribution in [2.45, 2.75) is 25.1 Å². The van der Waals surface area contributed by atoms with Crippen molar-refractivity contribution in [1.82, 2.24) is 0 Å². The Kier molecular flexibility index (Phi) is 4.49. The molecule has 128 valence electrons. The Balaban J connectivity index is 1.62. The van der Waals surface area contributed by atoms with Crippen LogP contribution in [0.1, 0.15) is 34.6 Å². The lowest BCUT2D eigenvalue weighted by Gasteiger charge is -2.12. The third-order valence-corrected chi connectivity index (χ3v) is 4.22. The molecule has 6 heteroatoms. The zero-order chi connectivity index (χ0) is 18.0. The van der Waals surface area contributed by atoms with Crippen LogP contribution in [0.2, 0.25) is 0 Å².